The number of hydrogen-bond acceptors (Lipinski definition) is 4. The molecular weight excluding hydrogens is 340 g/mol. The summed E-state index contributed by atoms with van der Waals surface area (Å²) in [6.07, 6.45) is 0.403. The van der Waals surface area contributed by atoms with Gasteiger partial charge in [-0.15, -0.1) is 0 Å². The van der Waals surface area contributed by atoms with E-state index in [9.17, 15) is 9.90 Å². The van der Waals surface area contributed by atoms with Gasteiger partial charge in [0.25, 0.3) is 0 Å². The van der Waals surface area contributed by atoms with Crippen molar-refractivity contribution in [2.24, 2.45) is 0 Å². The molecule has 4 aromatic rings. The quantitative estimate of drug-likeness (QED) is 0.508. The Hall–Kier alpha value is -3.34. The Labute approximate surface area is 156 Å². The molecule has 0 bridgehead atoms. The van der Waals surface area contributed by atoms with Crippen molar-refractivity contribution in [3.63, 3.8) is 0 Å². The molecule has 2 aromatic heterocycles. The van der Waals surface area contributed by atoms with E-state index < -0.39 is 0 Å². The molecule has 0 fully saturated rings. The molecule has 0 amide bonds. The number of aryl methyl sites for hydroxylation is 2. The number of aromatic hydroxyl groups is 1. The van der Waals surface area contributed by atoms with E-state index in [-0.39, 0.29) is 11.5 Å². The number of rotatable bonds is 4. The molecule has 1 N–H and O–H groups in total. The third kappa shape index (κ3) is 2.63. The SMILES string of the molecule is CCC(=O)c1c(-c2c(C)noc2C)n(-c2ccc(O)cc2)c2ccccc12. The molecule has 5 nitrogen and oxygen atoms in total. The summed E-state index contributed by atoms with van der Waals surface area (Å²) >= 11 is 0. The van der Waals surface area contributed by atoms with Gasteiger partial charge < -0.3 is 14.2 Å². The van der Waals surface area contributed by atoms with Crippen molar-refractivity contribution in [2.45, 2.75) is 27.2 Å². The minimum atomic E-state index is 0.0683. The number of nitrogens with zero attached hydrogens (tertiary/aromatic N) is 2. The van der Waals surface area contributed by atoms with E-state index in [1.54, 1.807) is 12.1 Å². The standard InChI is InChI=1S/C22H20N2O3/c1-4-19(26)21-17-7-5-6-8-18(17)24(15-9-11-16(25)12-10-15)22(21)20-13(2)23-27-14(20)3/h5-12,25H,4H2,1-3H3. The fraction of sp³-hybridized carbons (Fsp3) is 0.182. The van der Waals surface area contributed by atoms with Crippen LogP contribution in [0.5, 0.6) is 5.75 Å². The topological polar surface area (TPSA) is 68.3 Å². The summed E-state index contributed by atoms with van der Waals surface area (Å²) in [5.41, 5.74) is 4.81. The minimum absolute atomic E-state index is 0.0683. The molecule has 4 rings (SSSR count). The highest BCUT2D eigenvalue weighted by atomic mass is 16.5. The van der Waals surface area contributed by atoms with Gasteiger partial charge in [-0.2, -0.15) is 0 Å². The lowest BCUT2D eigenvalue weighted by Crippen LogP contribution is -2.03. The largest absolute Gasteiger partial charge is 0.508 e. The lowest BCUT2D eigenvalue weighted by atomic mass is 9.99. The number of para-hydroxylation sites is 1. The molecule has 0 saturated carbocycles. The van der Waals surface area contributed by atoms with Crippen LogP contribution < -0.4 is 0 Å². The van der Waals surface area contributed by atoms with Crippen LogP contribution in [0.3, 0.4) is 0 Å². The molecule has 2 aromatic carbocycles. The third-order valence-electron chi connectivity index (χ3n) is 4.85. The molecule has 136 valence electrons. The van der Waals surface area contributed by atoms with Gasteiger partial charge in [-0.1, -0.05) is 30.3 Å². The second-order valence-corrected chi connectivity index (χ2v) is 6.57. The first-order valence-electron chi connectivity index (χ1n) is 8.92. The van der Waals surface area contributed by atoms with Crippen LogP contribution in [0, 0.1) is 13.8 Å². The Morgan fingerprint density at radius 3 is 2.44 bits per heavy atom. The van der Waals surface area contributed by atoms with Crippen LogP contribution in [-0.4, -0.2) is 20.6 Å². The maximum atomic E-state index is 13.0. The Kier molecular flexibility index (Phi) is 4.07. The fourth-order valence-corrected chi connectivity index (χ4v) is 3.63. The summed E-state index contributed by atoms with van der Waals surface area (Å²) < 4.78 is 7.46. The zero-order valence-electron chi connectivity index (χ0n) is 15.5. The molecule has 0 aliphatic carbocycles. The molecular formula is C22H20N2O3. The summed E-state index contributed by atoms with van der Waals surface area (Å²) in [4.78, 5) is 13.0. The van der Waals surface area contributed by atoms with E-state index in [0.717, 1.165) is 33.5 Å². The Morgan fingerprint density at radius 2 is 1.81 bits per heavy atom. The number of carbonyl (C=O) groups is 1. The second kappa shape index (κ2) is 6.43. The van der Waals surface area contributed by atoms with Gasteiger partial charge in [0.1, 0.15) is 11.5 Å². The number of benzene rings is 2. The molecule has 0 atom stereocenters. The van der Waals surface area contributed by atoms with Crippen molar-refractivity contribution in [1.29, 1.82) is 0 Å². The molecule has 5 heteroatoms. The second-order valence-electron chi connectivity index (χ2n) is 6.57. The average Bonchev–Trinajstić information content (AvgIpc) is 3.18. The highest BCUT2D eigenvalue weighted by Crippen LogP contribution is 2.40. The zero-order valence-corrected chi connectivity index (χ0v) is 15.5. The molecule has 0 unspecified atom stereocenters. The number of aromatic nitrogens is 2. The molecule has 27 heavy (non-hydrogen) atoms. The van der Waals surface area contributed by atoms with Gasteiger partial charge >= 0.3 is 0 Å². The van der Waals surface area contributed by atoms with E-state index >= 15 is 0 Å². The third-order valence-corrected chi connectivity index (χ3v) is 4.85. The normalized spacial score (nSPS) is 11.2. The fourth-order valence-electron chi connectivity index (χ4n) is 3.63. The van der Waals surface area contributed by atoms with Crippen LogP contribution in [0.15, 0.2) is 53.1 Å². The summed E-state index contributed by atoms with van der Waals surface area (Å²) in [6.45, 7) is 5.60. The van der Waals surface area contributed by atoms with E-state index in [2.05, 4.69) is 5.16 Å². The van der Waals surface area contributed by atoms with Gasteiger partial charge in [0.15, 0.2) is 5.78 Å². The molecule has 0 spiro atoms. The predicted molar refractivity (Wildman–Crippen MR) is 105 cm³/mol. The Bertz CT molecular complexity index is 1130. The Morgan fingerprint density at radius 1 is 1.11 bits per heavy atom. The molecule has 0 aliphatic rings. The first kappa shape index (κ1) is 17.1. The lowest BCUT2D eigenvalue weighted by molar-refractivity contribution is 0.0990. The number of ketones is 1. The molecule has 0 radical (unpaired) electrons. The maximum absolute atomic E-state index is 13.0. The molecule has 0 aliphatic heterocycles. The first-order chi connectivity index (χ1) is 13.0. The van der Waals surface area contributed by atoms with Crippen LogP contribution in [0.25, 0.3) is 27.8 Å². The first-order valence-corrected chi connectivity index (χ1v) is 8.92. The average molecular weight is 360 g/mol. The smallest absolute Gasteiger partial charge is 0.165 e. The van der Waals surface area contributed by atoms with Crippen LogP contribution in [-0.2, 0) is 0 Å². The maximum Gasteiger partial charge on any atom is 0.165 e. The van der Waals surface area contributed by atoms with Gasteiger partial charge in [0, 0.05) is 17.5 Å². The zero-order chi connectivity index (χ0) is 19.1. The molecule has 2 heterocycles. The monoisotopic (exact) mass is 360 g/mol. The highest BCUT2D eigenvalue weighted by molar-refractivity contribution is 6.14. The van der Waals surface area contributed by atoms with Crippen LogP contribution >= 0.6 is 0 Å². The highest BCUT2D eigenvalue weighted by Gasteiger charge is 2.27. The van der Waals surface area contributed by atoms with Crippen molar-refractivity contribution in [1.82, 2.24) is 9.72 Å². The number of hydrogen-bond donors (Lipinski definition) is 1. The summed E-state index contributed by atoms with van der Waals surface area (Å²) in [5.74, 6) is 0.929. The summed E-state index contributed by atoms with van der Waals surface area (Å²) in [6, 6.07) is 14.8. The van der Waals surface area contributed by atoms with Crippen molar-refractivity contribution in [2.75, 3.05) is 0 Å². The van der Waals surface area contributed by atoms with Crippen molar-refractivity contribution >= 4 is 16.7 Å². The Balaban J connectivity index is 2.20. The van der Waals surface area contributed by atoms with Crippen molar-refractivity contribution < 1.29 is 14.4 Å². The van der Waals surface area contributed by atoms with Gasteiger partial charge in [-0.25, -0.2) is 0 Å². The van der Waals surface area contributed by atoms with Gasteiger partial charge in [-0.05, 0) is 44.2 Å². The predicted octanol–water partition coefficient (Wildman–Crippen LogP) is 5.20. The lowest BCUT2D eigenvalue weighted by Gasteiger charge is -2.12. The van der Waals surface area contributed by atoms with Gasteiger partial charge in [-0.3, -0.25) is 4.79 Å². The van der Waals surface area contributed by atoms with Crippen LogP contribution in [0.1, 0.15) is 35.2 Å². The number of phenolic OH excluding ortho intramolecular Hbond substituents is 1. The van der Waals surface area contributed by atoms with Crippen molar-refractivity contribution in [3.8, 4) is 22.7 Å². The number of phenols is 1. The van der Waals surface area contributed by atoms with E-state index in [1.165, 1.54) is 0 Å². The minimum Gasteiger partial charge on any atom is -0.508 e. The molecule has 0 saturated heterocycles. The number of Topliss-reactive ketones (excluding diaryl/α,β-unsaturated/α-hetero) is 1. The number of carbonyl (C=O) groups excluding carboxylic acids is 1. The van der Waals surface area contributed by atoms with E-state index in [4.69, 9.17) is 4.52 Å². The summed E-state index contributed by atoms with van der Waals surface area (Å²) in [7, 11) is 0. The van der Waals surface area contributed by atoms with Crippen LogP contribution in [0.4, 0.5) is 0 Å². The van der Waals surface area contributed by atoms with Gasteiger partial charge in [0.05, 0.1) is 28.0 Å². The van der Waals surface area contributed by atoms with E-state index in [1.807, 2.05) is 61.7 Å². The summed E-state index contributed by atoms with van der Waals surface area (Å²) in [5, 5.41) is 14.7. The van der Waals surface area contributed by atoms with Crippen molar-refractivity contribution in [3.05, 3.63) is 65.5 Å². The number of fused-ring (bicyclic) bond motifs is 1. The van der Waals surface area contributed by atoms with Gasteiger partial charge in [0.2, 0.25) is 0 Å². The van der Waals surface area contributed by atoms with Crippen LogP contribution in [0.2, 0.25) is 0 Å². The van der Waals surface area contributed by atoms with E-state index in [0.29, 0.717) is 17.7 Å².